The number of piperidine rings is 1. The molecule has 0 spiro atoms. The Bertz CT molecular complexity index is 722. The van der Waals surface area contributed by atoms with Crippen LogP contribution in [-0.4, -0.2) is 42.4 Å². The standard InChI is InChI=1S/C20H26F3N3O2/c1-3-14(4-2)26-10-15-16(11-26)18(15)19(28)24-9-17(27)25-13-7-5-6-12(8-13)20(21,22)23/h5-8,14-16,18H,3-4,9-11H2,1-2H3,(H,24,28)(H,25,27)/t15-,16+,18?. The summed E-state index contributed by atoms with van der Waals surface area (Å²) in [6, 6.07) is 4.99. The Morgan fingerprint density at radius 3 is 2.39 bits per heavy atom. The lowest BCUT2D eigenvalue weighted by molar-refractivity contribution is -0.137. The molecule has 1 saturated heterocycles. The van der Waals surface area contributed by atoms with E-state index in [0.717, 1.165) is 38.1 Å². The summed E-state index contributed by atoms with van der Waals surface area (Å²) in [5.41, 5.74) is -0.777. The molecule has 8 heteroatoms. The Morgan fingerprint density at radius 1 is 1.18 bits per heavy atom. The summed E-state index contributed by atoms with van der Waals surface area (Å²) in [5.74, 6) is -0.0262. The highest BCUT2D eigenvalue weighted by molar-refractivity contribution is 5.95. The predicted molar refractivity (Wildman–Crippen MR) is 99.5 cm³/mol. The van der Waals surface area contributed by atoms with Crippen molar-refractivity contribution in [1.29, 1.82) is 0 Å². The van der Waals surface area contributed by atoms with Gasteiger partial charge in [-0.05, 0) is 42.9 Å². The summed E-state index contributed by atoms with van der Waals surface area (Å²) >= 11 is 0. The van der Waals surface area contributed by atoms with E-state index in [2.05, 4.69) is 29.4 Å². The third kappa shape index (κ3) is 4.48. The van der Waals surface area contributed by atoms with Crippen molar-refractivity contribution < 1.29 is 22.8 Å². The number of rotatable bonds is 7. The maximum Gasteiger partial charge on any atom is 0.416 e. The summed E-state index contributed by atoms with van der Waals surface area (Å²) in [4.78, 5) is 26.7. The molecule has 1 aliphatic carbocycles. The van der Waals surface area contributed by atoms with Gasteiger partial charge in [0.1, 0.15) is 0 Å². The van der Waals surface area contributed by atoms with Gasteiger partial charge in [-0.1, -0.05) is 19.9 Å². The smallest absolute Gasteiger partial charge is 0.347 e. The molecule has 28 heavy (non-hydrogen) atoms. The van der Waals surface area contributed by atoms with Crippen molar-refractivity contribution >= 4 is 17.5 Å². The maximum atomic E-state index is 12.7. The van der Waals surface area contributed by atoms with E-state index in [9.17, 15) is 22.8 Å². The molecule has 1 aromatic rings. The minimum absolute atomic E-state index is 0.0491. The normalized spacial score (nSPS) is 24.1. The minimum Gasteiger partial charge on any atom is -0.347 e. The fraction of sp³-hybridized carbons (Fsp3) is 0.600. The molecule has 154 valence electrons. The third-order valence-corrected chi connectivity index (χ3v) is 5.88. The van der Waals surface area contributed by atoms with E-state index in [0.29, 0.717) is 17.9 Å². The summed E-state index contributed by atoms with van der Waals surface area (Å²) in [6.45, 7) is 5.94. The molecule has 3 rings (SSSR count). The Balaban J connectivity index is 1.44. The first-order valence-electron chi connectivity index (χ1n) is 9.73. The van der Waals surface area contributed by atoms with Gasteiger partial charge in [0.05, 0.1) is 12.1 Å². The van der Waals surface area contributed by atoms with Crippen molar-refractivity contribution in [3.05, 3.63) is 29.8 Å². The van der Waals surface area contributed by atoms with Crippen LogP contribution in [0.3, 0.4) is 0 Å². The van der Waals surface area contributed by atoms with Crippen LogP contribution in [0.15, 0.2) is 24.3 Å². The van der Waals surface area contributed by atoms with Gasteiger partial charge in [0.2, 0.25) is 11.8 Å². The van der Waals surface area contributed by atoms with E-state index in [1.807, 2.05) is 0 Å². The SMILES string of the molecule is CCC(CC)N1C[C@@H]2C(C(=O)NCC(=O)Nc3cccc(C(F)(F)F)c3)[C@@H]2C1. The predicted octanol–water partition coefficient (Wildman–Crippen LogP) is 3.13. The molecule has 2 amide bonds. The number of benzene rings is 1. The van der Waals surface area contributed by atoms with Gasteiger partial charge in [0.25, 0.3) is 0 Å². The molecule has 2 aliphatic rings. The number of fused-ring (bicyclic) bond motifs is 1. The zero-order chi connectivity index (χ0) is 20.5. The Hall–Kier alpha value is -2.09. The average molecular weight is 397 g/mol. The number of amides is 2. The number of carbonyl (C=O) groups is 2. The number of nitrogens with one attached hydrogen (secondary N) is 2. The van der Waals surface area contributed by atoms with Gasteiger partial charge in [0, 0.05) is 30.7 Å². The molecule has 5 nitrogen and oxygen atoms in total. The van der Waals surface area contributed by atoms with Crippen LogP contribution in [0.2, 0.25) is 0 Å². The van der Waals surface area contributed by atoms with Crippen LogP contribution in [-0.2, 0) is 15.8 Å². The molecule has 0 bridgehead atoms. The lowest BCUT2D eigenvalue weighted by Gasteiger charge is -2.27. The number of nitrogens with zero attached hydrogens (tertiary/aromatic N) is 1. The van der Waals surface area contributed by atoms with Crippen LogP contribution >= 0.6 is 0 Å². The molecule has 0 radical (unpaired) electrons. The van der Waals surface area contributed by atoms with Crippen LogP contribution in [0.5, 0.6) is 0 Å². The van der Waals surface area contributed by atoms with E-state index in [1.54, 1.807) is 0 Å². The number of hydrogen-bond donors (Lipinski definition) is 2. The second-order valence-electron chi connectivity index (χ2n) is 7.62. The van der Waals surface area contributed by atoms with Crippen molar-refractivity contribution in [3.8, 4) is 0 Å². The van der Waals surface area contributed by atoms with Crippen molar-refractivity contribution in [3.63, 3.8) is 0 Å². The highest BCUT2D eigenvalue weighted by atomic mass is 19.4. The Morgan fingerprint density at radius 2 is 1.82 bits per heavy atom. The number of anilines is 1. The molecule has 2 N–H and O–H groups in total. The van der Waals surface area contributed by atoms with Crippen LogP contribution in [0.4, 0.5) is 18.9 Å². The summed E-state index contributed by atoms with van der Waals surface area (Å²) in [7, 11) is 0. The molecule has 3 atom stereocenters. The Labute approximate surface area is 162 Å². The quantitative estimate of drug-likeness (QED) is 0.743. The lowest BCUT2D eigenvalue weighted by atomic mass is 10.1. The monoisotopic (exact) mass is 397 g/mol. The molecule has 1 saturated carbocycles. The molecule has 2 fully saturated rings. The largest absolute Gasteiger partial charge is 0.416 e. The second kappa shape index (κ2) is 8.11. The van der Waals surface area contributed by atoms with E-state index < -0.39 is 17.6 Å². The van der Waals surface area contributed by atoms with Crippen LogP contribution in [0.1, 0.15) is 32.3 Å². The molecular formula is C20H26F3N3O2. The molecular weight excluding hydrogens is 371 g/mol. The fourth-order valence-electron chi connectivity index (χ4n) is 4.31. The number of likely N-dealkylation sites (tertiary alicyclic amines) is 1. The van der Waals surface area contributed by atoms with Gasteiger partial charge in [-0.15, -0.1) is 0 Å². The first-order chi connectivity index (χ1) is 13.2. The highest BCUT2D eigenvalue weighted by Crippen LogP contribution is 2.52. The van der Waals surface area contributed by atoms with Crippen molar-refractivity contribution in [2.75, 3.05) is 25.0 Å². The van der Waals surface area contributed by atoms with E-state index in [4.69, 9.17) is 0 Å². The minimum atomic E-state index is -4.47. The highest BCUT2D eigenvalue weighted by Gasteiger charge is 2.59. The fourth-order valence-corrected chi connectivity index (χ4v) is 4.31. The first-order valence-corrected chi connectivity index (χ1v) is 9.73. The zero-order valence-electron chi connectivity index (χ0n) is 16.1. The van der Waals surface area contributed by atoms with E-state index >= 15 is 0 Å². The number of hydrogen-bond acceptors (Lipinski definition) is 3. The van der Waals surface area contributed by atoms with Gasteiger partial charge in [-0.2, -0.15) is 13.2 Å². The molecule has 0 aromatic heterocycles. The number of alkyl halides is 3. The zero-order valence-corrected chi connectivity index (χ0v) is 16.1. The van der Waals surface area contributed by atoms with Crippen molar-refractivity contribution in [2.45, 2.75) is 38.9 Å². The van der Waals surface area contributed by atoms with Crippen LogP contribution in [0.25, 0.3) is 0 Å². The third-order valence-electron chi connectivity index (χ3n) is 5.88. The van der Waals surface area contributed by atoms with Crippen LogP contribution < -0.4 is 10.6 Å². The summed E-state index contributed by atoms with van der Waals surface area (Å²) in [5, 5.41) is 5.01. The van der Waals surface area contributed by atoms with Gasteiger partial charge < -0.3 is 10.6 Å². The molecule has 1 unspecified atom stereocenters. The van der Waals surface area contributed by atoms with E-state index in [-0.39, 0.29) is 24.1 Å². The van der Waals surface area contributed by atoms with Gasteiger partial charge >= 0.3 is 6.18 Å². The number of halogens is 3. The summed E-state index contributed by atoms with van der Waals surface area (Å²) in [6.07, 6.45) is -2.27. The van der Waals surface area contributed by atoms with Gasteiger partial charge in [-0.25, -0.2) is 0 Å². The molecule has 1 aromatic carbocycles. The molecule has 1 heterocycles. The van der Waals surface area contributed by atoms with E-state index in [1.165, 1.54) is 12.1 Å². The van der Waals surface area contributed by atoms with Crippen molar-refractivity contribution in [2.24, 2.45) is 17.8 Å². The van der Waals surface area contributed by atoms with Gasteiger partial charge in [0.15, 0.2) is 0 Å². The summed E-state index contributed by atoms with van der Waals surface area (Å²) < 4.78 is 38.2. The van der Waals surface area contributed by atoms with Crippen LogP contribution in [0, 0.1) is 17.8 Å². The lowest BCUT2D eigenvalue weighted by Crippen LogP contribution is -2.39. The Kier molecular flexibility index (Phi) is 5.98. The second-order valence-corrected chi connectivity index (χ2v) is 7.62. The van der Waals surface area contributed by atoms with Gasteiger partial charge in [-0.3, -0.25) is 14.5 Å². The first kappa shape index (κ1) is 20.6. The topological polar surface area (TPSA) is 61.4 Å². The maximum absolute atomic E-state index is 12.7. The molecule has 1 aliphatic heterocycles. The van der Waals surface area contributed by atoms with Crippen molar-refractivity contribution in [1.82, 2.24) is 10.2 Å². The average Bonchev–Trinajstić information content (AvgIpc) is 3.15. The number of carbonyl (C=O) groups excluding carboxylic acids is 2.